The Balaban J connectivity index is 3.29. The molecule has 0 aliphatic rings. The lowest BCUT2D eigenvalue weighted by Crippen LogP contribution is -2.25. The molecule has 0 radical (unpaired) electrons. The zero-order chi connectivity index (χ0) is 10.0. The van der Waals surface area contributed by atoms with E-state index in [2.05, 4.69) is 4.98 Å². The SMILES string of the molecule is CSc1nc(=O)n(C(C)C)cc1C. The van der Waals surface area contributed by atoms with E-state index in [1.807, 2.05) is 33.2 Å². The van der Waals surface area contributed by atoms with Gasteiger partial charge in [-0.15, -0.1) is 11.8 Å². The maximum atomic E-state index is 11.4. The Bertz CT molecular complexity index is 357. The number of aromatic nitrogens is 2. The van der Waals surface area contributed by atoms with Crippen LogP contribution < -0.4 is 5.69 Å². The Morgan fingerprint density at radius 1 is 1.54 bits per heavy atom. The first kappa shape index (κ1) is 10.3. The molecule has 1 rings (SSSR count). The van der Waals surface area contributed by atoms with Gasteiger partial charge in [0.15, 0.2) is 0 Å². The van der Waals surface area contributed by atoms with Gasteiger partial charge in [0.1, 0.15) is 5.03 Å². The molecule has 0 amide bonds. The van der Waals surface area contributed by atoms with Crippen molar-refractivity contribution in [2.75, 3.05) is 6.26 Å². The second-order valence-corrected chi connectivity index (χ2v) is 4.01. The van der Waals surface area contributed by atoms with Crippen molar-refractivity contribution in [3.8, 4) is 0 Å². The second kappa shape index (κ2) is 3.96. The maximum absolute atomic E-state index is 11.4. The van der Waals surface area contributed by atoms with Crippen LogP contribution in [-0.4, -0.2) is 15.8 Å². The van der Waals surface area contributed by atoms with E-state index in [4.69, 9.17) is 0 Å². The summed E-state index contributed by atoms with van der Waals surface area (Å²) in [5.41, 5.74) is 0.894. The van der Waals surface area contributed by atoms with Gasteiger partial charge in [0.05, 0.1) is 0 Å². The van der Waals surface area contributed by atoms with Crippen LogP contribution in [0.2, 0.25) is 0 Å². The lowest BCUT2D eigenvalue weighted by atomic mass is 10.3. The van der Waals surface area contributed by atoms with Gasteiger partial charge in [-0.3, -0.25) is 4.57 Å². The van der Waals surface area contributed by atoms with E-state index < -0.39 is 0 Å². The number of thioether (sulfide) groups is 1. The quantitative estimate of drug-likeness (QED) is 0.537. The molecule has 3 nitrogen and oxygen atoms in total. The third kappa shape index (κ3) is 2.12. The molecule has 0 N–H and O–H groups in total. The summed E-state index contributed by atoms with van der Waals surface area (Å²) in [7, 11) is 0. The Hall–Kier alpha value is -0.770. The summed E-state index contributed by atoms with van der Waals surface area (Å²) >= 11 is 1.51. The zero-order valence-electron chi connectivity index (χ0n) is 8.37. The predicted molar refractivity (Wildman–Crippen MR) is 55.4 cm³/mol. The van der Waals surface area contributed by atoms with Crippen LogP contribution in [0.5, 0.6) is 0 Å². The minimum absolute atomic E-state index is 0.162. The topological polar surface area (TPSA) is 34.9 Å². The van der Waals surface area contributed by atoms with Gasteiger partial charge in [-0.25, -0.2) is 4.79 Å². The predicted octanol–water partition coefficient (Wildman–Crippen LogP) is 1.85. The molecule has 0 unspecified atom stereocenters. The molecule has 0 aromatic carbocycles. The average Bonchev–Trinajstić information content (AvgIpc) is 2.07. The summed E-state index contributed by atoms with van der Waals surface area (Å²) in [6, 6.07) is 0.176. The third-order valence-electron chi connectivity index (χ3n) is 1.84. The highest BCUT2D eigenvalue weighted by atomic mass is 32.2. The number of rotatable bonds is 2. The van der Waals surface area contributed by atoms with E-state index in [1.54, 1.807) is 4.57 Å². The molecule has 1 heterocycles. The lowest BCUT2D eigenvalue weighted by molar-refractivity contribution is 0.553. The van der Waals surface area contributed by atoms with Gasteiger partial charge in [-0.2, -0.15) is 4.98 Å². The summed E-state index contributed by atoms with van der Waals surface area (Å²) in [5.74, 6) is 0. The van der Waals surface area contributed by atoms with E-state index in [-0.39, 0.29) is 11.7 Å². The monoisotopic (exact) mass is 198 g/mol. The minimum atomic E-state index is -0.162. The minimum Gasteiger partial charge on any atom is -0.296 e. The molecule has 72 valence electrons. The highest BCUT2D eigenvalue weighted by molar-refractivity contribution is 7.98. The molecule has 0 aliphatic heterocycles. The van der Waals surface area contributed by atoms with Gasteiger partial charge in [0.2, 0.25) is 0 Å². The van der Waals surface area contributed by atoms with Crippen molar-refractivity contribution in [3.05, 3.63) is 22.2 Å². The molecule has 0 bridgehead atoms. The van der Waals surface area contributed by atoms with E-state index in [0.29, 0.717) is 0 Å². The van der Waals surface area contributed by atoms with Crippen LogP contribution in [0.15, 0.2) is 16.0 Å². The number of hydrogen-bond acceptors (Lipinski definition) is 3. The first-order valence-electron chi connectivity index (χ1n) is 4.20. The highest BCUT2D eigenvalue weighted by Crippen LogP contribution is 2.14. The fraction of sp³-hybridized carbons (Fsp3) is 0.556. The third-order valence-corrected chi connectivity index (χ3v) is 2.64. The van der Waals surface area contributed by atoms with Gasteiger partial charge in [0, 0.05) is 12.2 Å². The Morgan fingerprint density at radius 3 is 2.62 bits per heavy atom. The van der Waals surface area contributed by atoms with Crippen LogP contribution in [-0.2, 0) is 0 Å². The number of nitrogens with zero attached hydrogens (tertiary/aromatic N) is 2. The summed E-state index contributed by atoms with van der Waals surface area (Å²) in [4.78, 5) is 15.4. The van der Waals surface area contributed by atoms with Gasteiger partial charge in [-0.1, -0.05) is 0 Å². The normalized spacial score (nSPS) is 10.8. The number of hydrogen-bond donors (Lipinski definition) is 0. The fourth-order valence-electron chi connectivity index (χ4n) is 1.13. The molecule has 0 atom stereocenters. The largest absolute Gasteiger partial charge is 0.348 e. The summed E-state index contributed by atoms with van der Waals surface area (Å²) in [6.07, 6.45) is 3.79. The zero-order valence-corrected chi connectivity index (χ0v) is 9.18. The van der Waals surface area contributed by atoms with Crippen molar-refractivity contribution in [3.63, 3.8) is 0 Å². The molecule has 1 aromatic heterocycles. The van der Waals surface area contributed by atoms with Crippen LogP contribution in [0.1, 0.15) is 25.5 Å². The van der Waals surface area contributed by atoms with E-state index in [0.717, 1.165) is 10.6 Å². The summed E-state index contributed by atoms with van der Waals surface area (Å²) in [5, 5.41) is 0.821. The Morgan fingerprint density at radius 2 is 2.15 bits per heavy atom. The fourth-order valence-corrected chi connectivity index (χ4v) is 1.67. The van der Waals surface area contributed by atoms with Gasteiger partial charge >= 0.3 is 5.69 Å². The summed E-state index contributed by atoms with van der Waals surface area (Å²) < 4.78 is 1.65. The Kier molecular flexibility index (Phi) is 3.14. The van der Waals surface area contributed by atoms with Gasteiger partial charge in [-0.05, 0) is 32.6 Å². The highest BCUT2D eigenvalue weighted by Gasteiger charge is 2.05. The van der Waals surface area contributed by atoms with Crippen molar-refractivity contribution < 1.29 is 0 Å². The Labute approximate surface area is 82.2 Å². The average molecular weight is 198 g/mol. The number of aryl methyl sites for hydroxylation is 1. The molecule has 4 heteroatoms. The second-order valence-electron chi connectivity index (χ2n) is 3.22. The van der Waals surface area contributed by atoms with Crippen molar-refractivity contribution >= 4 is 11.8 Å². The van der Waals surface area contributed by atoms with E-state index in [9.17, 15) is 4.79 Å². The van der Waals surface area contributed by atoms with Crippen molar-refractivity contribution in [1.29, 1.82) is 0 Å². The van der Waals surface area contributed by atoms with Crippen molar-refractivity contribution in [1.82, 2.24) is 9.55 Å². The van der Waals surface area contributed by atoms with Crippen LogP contribution in [0.4, 0.5) is 0 Å². The molecule has 0 saturated heterocycles. The van der Waals surface area contributed by atoms with Crippen LogP contribution >= 0.6 is 11.8 Å². The molecule has 0 spiro atoms. The molecule has 0 fully saturated rings. The first-order valence-corrected chi connectivity index (χ1v) is 5.42. The van der Waals surface area contributed by atoms with E-state index in [1.165, 1.54) is 11.8 Å². The summed E-state index contributed by atoms with van der Waals surface area (Å²) in [6.45, 7) is 5.92. The van der Waals surface area contributed by atoms with Gasteiger partial charge in [0.25, 0.3) is 0 Å². The molecule has 0 aliphatic carbocycles. The van der Waals surface area contributed by atoms with Crippen LogP contribution in [0, 0.1) is 6.92 Å². The lowest BCUT2D eigenvalue weighted by Gasteiger charge is -2.10. The smallest absolute Gasteiger partial charge is 0.296 e. The molecule has 1 aromatic rings. The molecular formula is C9H14N2OS. The molecule has 13 heavy (non-hydrogen) atoms. The molecule has 0 saturated carbocycles. The maximum Gasteiger partial charge on any atom is 0.348 e. The van der Waals surface area contributed by atoms with Crippen LogP contribution in [0.25, 0.3) is 0 Å². The van der Waals surface area contributed by atoms with E-state index >= 15 is 0 Å². The van der Waals surface area contributed by atoms with Crippen molar-refractivity contribution in [2.45, 2.75) is 31.8 Å². The van der Waals surface area contributed by atoms with Gasteiger partial charge < -0.3 is 0 Å². The first-order chi connectivity index (χ1) is 6.06. The van der Waals surface area contributed by atoms with Crippen molar-refractivity contribution in [2.24, 2.45) is 0 Å². The van der Waals surface area contributed by atoms with Crippen LogP contribution in [0.3, 0.4) is 0 Å². The standard InChI is InChI=1S/C9H14N2OS/c1-6(2)11-5-7(3)8(13-4)10-9(11)12/h5-6H,1-4H3. The molecular weight excluding hydrogens is 184 g/mol.